The minimum Gasteiger partial charge on any atom is -0.395 e. The molecule has 1 unspecified atom stereocenters. The molecule has 0 aliphatic heterocycles. The molecular weight excluding hydrogens is 358 g/mol. The Balaban J connectivity index is 1.42. The van der Waals surface area contributed by atoms with Gasteiger partial charge in [-0.1, -0.05) is 86.3 Å². The van der Waals surface area contributed by atoms with Crippen molar-refractivity contribution in [2.24, 2.45) is 0 Å². The lowest BCUT2D eigenvalue weighted by Gasteiger charge is -2.18. The predicted octanol–water partition coefficient (Wildman–Crippen LogP) is 5.69. The van der Waals surface area contributed by atoms with E-state index in [0.717, 1.165) is 32.5 Å². The van der Waals surface area contributed by atoms with E-state index < -0.39 is 0 Å². The Labute approximate surface area is 177 Å². The fourth-order valence-corrected chi connectivity index (χ4v) is 3.67. The maximum atomic E-state index is 9.10. The van der Waals surface area contributed by atoms with E-state index in [4.69, 9.17) is 9.84 Å². The van der Waals surface area contributed by atoms with E-state index in [-0.39, 0.29) is 6.61 Å². The highest BCUT2D eigenvalue weighted by Gasteiger charge is 2.09. The Bertz CT molecular complexity index is 603. The first kappa shape index (κ1) is 23.6. The van der Waals surface area contributed by atoms with Crippen LogP contribution in [0, 0.1) is 0 Å². The molecule has 0 saturated carbocycles. The molecule has 1 atom stereocenters. The molecule has 2 aromatic carbocycles. The molecule has 0 spiro atoms. The lowest BCUT2D eigenvalue weighted by Crippen LogP contribution is -2.24. The van der Waals surface area contributed by atoms with Crippen molar-refractivity contribution in [2.45, 2.75) is 63.8 Å². The van der Waals surface area contributed by atoms with Crippen molar-refractivity contribution in [1.82, 2.24) is 5.32 Å². The number of aliphatic hydroxyl groups excluding tert-OH is 1. The molecule has 0 aliphatic rings. The van der Waals surface area contributed by atoms with Crippen LogP contribution in [0.15, 0.2) is 60.7 Å². The van der Waals surface area contributed by atoms with E-state index in [1.54, 1.807) is 0 Å². The van der Waals surface area contributed by atoms with Gasteiger partial charge in [0.25, 0.3) is 0 Å². The molecule has 2 aromatic rings. The van der Waals surface area contributed by atoms with Gasteiger partial charge in [0.1, 0.15) is 0 Å². The summed E-state index contributed by atoms with van der Waals surface area (Å²) in [7, 11) is 0. The summed E-state index contributed by atoms with van der Waals surface area (Å²) in [5.74, 6) is 0. The van der Waals surface area contributed by atoms with Crippen LogP contribution < -0.4 is 5.32 Å². The summed E-state index contributed by atoms with van der Waals surface area (Å²) in [4.78, 5) is 0. The van der Waals surface area contributed by atoms with Crippen molar-refractivity contribution in [3.63, 3.8) is 0 Å². The lowest BCUT2D eigenvalue weighted by molar-refractivity contribution is 0.126. The minimum atomic E-state index is 0.190. The van der Waals surface area contributed by atoms with E-state index in [9.17, 15) is 0 Å². The smallest absolute Gasteiger partial charge is 0.0556 e. The van der Waals surface area contributed by atoms with Crippen molar-refractivity contribution in [1.29, 1.82) is 0 Å². The first-order chi connectivity index (χ1) is 14.4. The Hall–Kier alpha value is -1.68. The van der Waals surface area contributed by atoms with Gasteiger partial charge < -0.3 is 15.2 Å². The van der Waals surface area contributed by atoms with Gasteiger partial charge in [-0.3, -0.25) is 0 Å². The maximum absolute atomic E-state index is 9.10. The molecule has 3 heteroatoms. The molecule has 0 aliphatic carbocycles. The molecule has 0 bridgehead atoms. The number of aliphatic hydroxyl groups is 1. The van der Waals surface area contributed by atoms with Crippen LogP contribution in [0.4, 0.5) is 0 Å². The van der Waals surface area contributed by atoms with Gasteiger partial charge in [-0.2, -0.15) is 0 Å². The van der Waals surface area contributed by atoms with Gasteiger partial charge in [0, 0.05) is 25.8 Å². The molecular formula is C26H39NO2. The molecule has 0 radical (unpaired) electrons. The van der Waals surface area contributed by atoms with Gasteiger partial charge >= 0.3 is 0 Å². The second-order valence-corrected chi connectivity index (χ2v) is 7.75. The third-order valence-corrected chi connectivity index (χ3v) is 5.33. The number of hydrogen-bond acceptors (Lipinski definition) is 3. The van der Waals surface area contributed by atoms with Gasteiger partial charge in [0.2, 0.25) is 0 Å². The van der Waals surface area contributed by atoms with Crippen LogP contribution in [-0.4, -0.2) is 31.5 Å². The quantitative estimate of drug-likeness (QED) is 0.337. The van der Waals surface area contributed by atoms with Gasteiger partial charge in [-0.15, -0.1) is 0 Å². The van der Waals surface area contributed by atoms with E-state index in [0.29, 0.717) is 12.6 Å². The summed E-state index contributed by atoms with van der Waals surface area (Å²) in [5, 5.41) is 12.6. The van der Waals surface area contributed by atoms with Crippen molar-refractivity contribution >= 4 is 0 Å². The molecule has 0 aromatic heterocycles. The Morgan fingerprint density at radius 3 is 2.07 bits per heavy atom. The third-order valence-electron chi connectivity index (χ3n) is 5.33. The molecule has 160 valence electrons. The minimum absolute atomic E-state index is 0.190. The molecule has 0 saturated heterocycles. The number of aryl methyl sites for hydroxylation is 1. The molecule has 3 nitrogen and oxygen atoms in total. The van der Waals surface area contributed by atoms with Crippen LogP contribution in [0.25, 0.3) is 0 Å². The normalized spacial score (nSPS) is 12.2. The van der Waals surface area contributed by atoms with Crippen LogP contribution in [0.1, 0.15) is 68.5 Å². The first-order valence-corrected chi connectivity index (χ1v) is 11.4. The zero-order chi connectivity index (χ0) is 20.4. The maximum Gasteiger partial charge on any atom is 0.0556 e. The average Bonchev–Trinajstić information content (AvgIpc) is 2.78. The SMILES string of the molecule is OCCNC(CCCCCCCOCCCCc1ccccc1)c1ccccc1. The largest absolute Gasteiger partial charge is 0.395 e. The van der Waals surface area contributed by atoms with Crippen LogP contribution in [-0.2, 0) is 11.2 Å². The Morgan fingerprint density at radius 2 is 1.34 bits per heavy atom. The van der Waals surface area contributed by atoms with E-state index >= 15 is 0 Å². The number of hydrogen-bond donors (Lipinski definition) is 2. The van der Waals surface area contributed by atoms with Gasteiger partial charge in [0.05, 0.1) is 6.61 Å². The van der Waals surface area contributed by atoms with Crippen LogP contribution in [0.3, 0.4) is 0 Å². The van der Waals surface area contributed by atoms with Crippen molar-refractivity contribution in [3.05, 3.63) is 71.8 Å². The predicted molar refractivity (Wildman–Crippen MR) is 122 cm³/mol. The second-order valence-electron chi connectivity index (χ2n) is 7.75. The number of benzene rings is 2. The van der Waals surface area contributed by atoms with E-state index in [2.05, 4.69) is 66.0 Å². The topological polar surface area (TPSA) is 41.5 Å². The standard InChI is InChI=1S/C26H39NO2/c28-21-20-27-26(25-17-8-5-9-18-25)19-10-2-1-3-12-22-29-23-13-11-16-24-14-6-4-7-15-24/h4-9,14-15,17-18,26-28H,1-3,10-13,16,19-23H2. The van der Waals surface area contributed by atoms with Crippen LogP contribution in [0.2, 0.25) is 0 Å². The summed E-state index contributed by atoms with van der Waals surface area (Å²) in [5.41, 5.74) is 2.75. The van der Waals surface area contributed by atoms with E-state index in [1.165, 1.54) is 49.7 Å². The third kappa shape index (κ3) is 11.2. The average molecular weight is 398 g/mol. The molecule has 0 fully saturated rings. The zero-order valence-electron chi connectivity index (χ0n) is 17.9. The van der Waals surface area contributed by atoms with Crippen LogP contribution >= 0.6 is 0 Å². The van der Waals surface area contributed by atoms with Gasteiger partial charge in [0.15, 0.2) is 0 Å². The fraction of sp³-hybridized carbons (Fsp3) is 0.538. The number of nitrogens with one attached hydrogen (secondary N) is 1. The van der Waals surface area contributed by atoms with Crippen LogP contribution in [0.5, 0.6) is 0 Å². The highest BCUT2D eigenvalue weighted by Crippen LogP contribution is 2.20. The summed E-state index contributed by atoms with van der Waals surface area (Å²) < 4.78 is 5.78. The highest BCUT2D eigenvalue weighted by atomic mass is 16.5. The summed E-state index contributed by atoms with van der Waals surface area (Å²) >= 11 is 0. The molecule has 2 rings (SSSR count). The summed E-state index contributed by atoms with van der Waals surface area (Å²) in [6.45, 7) is 2.63. The van der Waals surface area contributed by atoms with Crippen molar-refractivity contribution < 1.29 is 9.84 Å². The van der Waals surface area contributed by atoms with Gasteiger partial charge in [-0.05, 0) is 43.2 Å². The van der Waals surface area contributed by atoms with E-state index in [1.807, 2.05) is 0 Å². The second kappa shape index (κ2) is 16.2. The molecule has 2 N–H and O–H groups in total. The van der Waals surface area contributed by atoms with Crippen molar-refractivity contribution in [2.75, 3.05) is 26.4 Å². The zero-order valence-corrected chi connectivity index (χ0v) is 17.9. The van der Waals surface area contributed by atoms with Crippen molar-refractivity contribution in [3.8, 4) is 0 Å². The molecule has 0 heterocycles. The lowest BCUT2D eigenvalue weighted by atomic mass is 9.99. The Kier molecular flexibility index (Phi) is 13.1. The summed E-state index contributed by atoms with van der Waals surface area (Å²) in [6.07, 6.45) is 10.8. The number of ether oxygens (including phenoxy) is 1. The highest BCUT2D eigenvalue weighted by molar-refractivity contribution is 5.18. The summed E-state index contributed by atoms with van der Waals surface area (Å²) in [6, 6.07) is 21.6. The number of unbranched alkanes of at least 4 members (excludes halogenated alkanes) is 5. The molecule has 29 heavy (non-hydrogen) atoms. The number of rotatable bonds is 17. The monoisotopic (exact) mass is 397 g/mol. The molecule has 0 amide bonds. The first-order valence-electron chi connectivity index (χ1n) is 11.4. The fourth-order valence-electron chi connectivity index (χ4n) is 3.67. The Morgan fingerprint density at radius 1 is 0.724 bits per heavy atom. The van der Waals surface area contributed by atoms with Gasteiger partial charge in [-0.25, -0.2) is 0 Å².